The van der Waals surface area contributed by atoms with Crippen molar-refractivity contribution >= 4 is 33.2 Å². The number of hydrogen-bond acceptors (Lipinski definition) is 7. The second-order valence-corrected chi connectivity index (χ2v) is 13.7. The van der Waals surface area contributed by atoms with E-state index in [0.717, 1.165) is 39.4 Å². The second-order valence-electron chi connectivity index (χ2n) is 12.7. The number of ether oxygens (including phenoxy) is 2. The van der Waals surface area contributed by atoms with Gasteiger partial charge >= 0.3 is 0 Å². The summed E-state index contributed by atoms with van der Waals surface area (Å²) in [4.78, 5) is 33.9. The summed E-state index contributed by atoms with van der Waals surface area (Å²) in [5.41, 5.74) is 5.90. The molecule has 2 aromatic carbocycles. The number of amides is 2. The molecule has 50 heavy (non-hydrogen) atoms. The van der Waals surface area contributed by atoms with Crippen LogP contribution >= 0.6 is 11.3 Å². The Kier molecular flexibility index (Phi) is 9.00. The number of hydrogen-bond donors (Lipinski definition) is 0. The van der Waals surface area contributed by atoms with E-state index in [1.54, 1.807) is 11.8 Å². The molecular weight excluding hydrogens is 661 g/mol. The molecule has 5 aromatic rings. The molecule has 2 atom stereocenters. The first-order valence-corrected chi connectivity index (χ1v) is 17.4. The minimum absolute atomic E-state index is 0.0245. The van der Waals surface area contributed by atoms with Gasteiger partial charge < -0.3 is 19.3 Å². The van der Waals surface area contributed by atoms with Crippen molar-refractivity contribution in [3.05, 3.63) is 89.0 Å². The van der Waals surface area contributed by atoms with Crippen molar-refractivity contribution in [3.63, 3.8) is 0 Å². The Hall–Kier alpha value is -4.94. The van der Waals surface area contributed by atoms with Crippen molar-refractivity contribution in [2.75, 3.05) is 33.4 Å². The molecule has 2 aliphatic rings. The van der Waals surface area contributed by atoms with Gasteiger partial charge in [0.2, 0.25) is 11.8 Å². The van der Waals surface area contributed by atoms with Gasteiger partial charge in [0.15, 0.2) is 0 Å². The summed E-state index contributed by atoms with van der Waals surface area (Å²) in [6, 6.07) is 11.6. The van der Waals surface area contributed by atoms with Crippen LogP contribution in [0.15, 0.2) is 60.5 Å². The molecule has 3 aromatic heterocycles. The first kappa shape index (κ1) is 33.6. The highest BCUT2D eigenvalue weighted by Gasteiger charge is 2.34. The molecule has 0 saturated carbocycles. The average Bonchev–Trinajstić information content (AvgIpc) is 3.78. The predicted octanol–water partition coefficient (Wildman–Crippen LogP) is 7.35. The number of carbonyl (C=O) groups excluding carboxylic acids is 2. The zero-order chi connectivity index (χ0) is 35.3. The molecule has 0 radical (unpaired) electrons. The van der Waals surface area contributed by atoms with Gasteiger partial charge in [-0.15, -0.1) is 11.3 Å². The van der Waals surface area contributed by atoms with Crippen LogP contribution < -0.4 is 4.74 Å². The van der Waals surface area contributed by atoms with Gasteiger partial charge in [-0.25, -0.2) is 13.8 Å². The molecule has 5 heterocycles. The van der Waals surface area contributed by atoms with Crippen LogP contribution in [0.4, 0.5) is 8.78 Å². The number of aromatic nitrogens is 3. The first-order valence-electron chi connectivity index (χ1n) is 16.5. The van der Waals surface area contributed by atoms with E-state index in [1.165, 1.54) is 36.2 Å². The Morgan fingerprint density at radius 3 is 2.64 bits per heavy atom. The van der Waals surface area contributed by atoms with Crippen molar-refractivity contribution in [1.29, 1.82) is 0 Å². The summed E-state index contributed by atoms with van der Waals surface area (Å²) in [6.45, 7) is 11.1. The fourth-order valence-electron chi connectivity index (χ4n) is 7.04. The number of benzene rings is 2. The van der Waals surface area contributed by atoms with Gasteiger partial charge in [0, 0.05) is 67.0 Å². The Bertz CT molecular complexity index is 2160. The van der Waals surface area contributed by atoms with Gasteiger partial charge in [-0.05, 0) is 61.1 Å². The number of halogens is 2. The molecule has 0 unspecified atom stereocenters. The Labute approximate surface area is 292 Å². The smallest absolute Gasteiger partial charge is 0.246 e. The van der Waals surface area contributed by atoms with Gasteiger partial charge in [-0.1, -0.05) is 18.7 Å². The van der Waals surface area contributed by atoms with Crippen LogP contribution in [-0.4, -0.2) is 69.8 Å². The fraction of sp³-hybridized carbons (Fsp3) is 0.316. The van der Waals surface area contributed by atoms with Crippen molar-refractivity contribution in [2.24, 2.45) is 0 Å². The van der Waals surface area contributed by atoms with E-state index in [0.29, 0.717) is 42.3 Å². The number of carbonyl (C=O) groups is 2. The average molecular weight is 698 g/mol. The molecule has 12 heteroatoms. The van der Waals surface area contributed by atoms with Crippen LogP contribution in [0.25, 0.3) is 43.9 Å². The lowest BCUT2D eigenvalue weighted by Crippen LogP contribution is -2.42. The van der Waals surface area contributed by atoms with E-state index in [1.807, 2.05) is 47.0 Å². The summed E-state index contributed by atoms with van der Waals surface area (Å²) in [5.74, 6) is -1.70. The summed E-state index contributed by atoms with van der Waals surface area (Å²) in [6.07, 6.45) is 2.07. The van der Waals surface area contributed by atoms with Crippen LogP contribution in [-0.2, 0) is 27.3 Å². The van der Waals surface area contributed by atoms with Gasteiger partial charge in [0.25, 0.3) is 0 Å². The van der Waals surface area contributed by atoms with Crippen molar-refractivity contribution in [2.45, 2.75) is 45.8 Å². The molecule has 0 saturated heterocycles. The SMILES string of the molecule is C=CC(=O)N1C[C@H](C)n2nc(-c3nc(-c4ccc5c(c4)CN(C(C)=O)CC5)c4ccsc4c3-c3c(F)cc(F)cc3OCCOC)cc2[C@H]1C. The van der Waals surface area contributed by atoms with E-state index in [2.05, 4.69) is 18.7 Å². The van der Waals surface area contributed by atoms with E-state index in [-0.39, 0.29) is 48.4 Å². The maximum absolute atomic E-state index is 16.2. The number of methoxy groups -OCH3 is 1. The molecule has 0 fully saturated rings. The molecule has 2 aliphatic heterocycles. The normalized spacial score (nSPS) is 17.1. The Balaban J connectivity index is 1.48. The van der Waals surface area contributed by atoms with Gasteiger partial charge in [-0.2, -0.15) is 5.10 Å². The van der Waals surface area contributed by atoms with Gasteiger partial charge in [0.05, 0.1) is 35.6 Å². The lowest BCUT2D eigenvalue weighted by atomic mass is 9.93. The Morgan fingerprint density at radius 2 is 1.88 bits per heavy atom. The Morgan fingerprint density at radius 1 is 1.06 bits per heavy atom. The summed E-state index contributed by atoms with van der Waals surface area (Å²) < 4.78 is 44.7. The predicted molar refractivity (Wildman–Crippen MR) is 189 cm³/mol. The van der Waals surface area contributed by atoms with E-state index >= 15 is 4.39 Å². The number of rotatable bonds is 8. The minimum atomic E-state index is -0.797. The number of fused-ring (bicyclic) bond motifs is 3. The zero-order valence-electron chi connectivity index (χ0n) is 28.3. The lowest BCUT2D eigenvalue weighted by Gasteiger charge is -2.36. The highest BCUT2D eigenvalue weighted by Crippen LogP contribution is 2.48. The van der Waals surface area contributed by atoms with Crippen molar-refractivity contribution in [1.82, 2.24) is 24.6 Å². The molecular formula is C38H37F2N5O4S. The van der Waals surface area contributed by atoms with Crippen LogP contribution in [0, 0.1) is 11.6 Å². The van der Waals surface area contributed by atoms with Crippen LogP contribution in [0.2, 0.25) is 0 Å². The molecule has 9 nitrogen and oxygen atoms in total. The summed E-state index contributed by atoms with van der Waals surface area (Å²) in [5, 5.41) is 7.74. The minimum Gasteiger partial charge on any atom is -0.490 e. The third kappa shape index (κ3) is 5.86. The maximum Gasteiger partial charge on any atom is 0.246 e. The van der Waals surface area contributed by atoms with Crippen molar-refractivity contribution in [3.8, 4) is 39.5 Å². The number of thiophene rings is 1. The number of pyridine rings is 1. The quantitative estimate of drug-likeness (QED) is 0.125. The highest BCUT2D eigenvalue weighted by atomic mass is 32.1. The van der Waals surface area contributed by atoms with Gasteiger partial charge in [-0.3, -0.25) is 14.3 Å². The summed E-state index contributed by atoms with van der Waals surface area (Å²) in [7, 11) is 1.52. The molecule has 2 amide bonds. The zero-order valence-corrected chi connectivity index (χ0v) is 29.2. The molecule has 7 rings (SSSR count). The monoisotopic (exact) mass is 697 g/mol. The van der Waals surface area contributed by atoms with E-state index in [9.17, 15) is 14.0 Å². The largest absolute Gasteiger partial charge is 0.490 e. The van der Waals surface area contributed by atoms with Gasteiger partial charge in [0.1, 0.15) is 35.4 Å². The molecule has 0 N–H and O–H groups in total. The molecule has 258 valence electrons. The maximum atomic E-state index is 16.2. The standard InChI is InChI=1S/C38H37F2N5O4S/c1-6-33(47)44-19-21(2)45-31(22(44)3)18-30(42-45)37-35(34-29(40)16-27(39)17-32(34)49-13-12-48-5)38-28(10-14-50-38)36(41-37)25-8-7-24-9-11-43(23(4)46)20-26(24)15-25/h6-8,10,14-18,21-22H,1,9,11-13,19-20H2,2-5H3/t21-,22+/m0/s1. The first-order chi connectivity index (χ1) is 24.1. The highest BCUT2D eigenvalue weighted by molar-refractivity contribution is 7.18. The lowest BCUT2D eigenvalue weighted by molar-refractivity contribution is -0.130. The number of nitrogens with zero attached hydrogens (tertiary/aromatic N) is 5. The third-order valence-electron chi connectivity index (χ3n) is 9.60. The van der Waals surface area contributed by atoms with E-state index < -0.39 is 11.6 Å². The second kappa shape index (κ2) is 13.4. The van der Waals surface area contributed by atoms with Crippen molar-refractivity contribution < 1.29 is 27.8 Å². The summed E-state index contributed by atoms with van der Waals surface area (Å²) >= 11 is 1.42. The molecule has 0 aliphatic carbocycles. The topological polar surface area (TPSA) is 89.8 Å². The van der Waals surface area contributed by atoms with Crippen LogP contribution in [0.5, 0.6) is 5.75 Å². The van der Waals surface area contributed by atoms with E-state index in [4.69, 9.17) is 19.6 Å². The van der Waals surface area contributed by atoms with Crippen LogP contribution in [0.1, 0.15) is 49.7 Å². The van der Waals surface area contributed by atoms with Crippen LogP contribution in [0.3, 0.4) is 0 Å². The third-order valence-corrected chi connectivity index (χ3v) is 10.5. The molecule has 0 spiro atoms. The fourth-order valence-corrected chi connectivity index (χ4v) is 7.99. The molecule has 0 bridgehead atoms.